The van der Waals surface area contributed by atoms with Crippen molar-refractivity contribution in [3.05, 3.63) is 95.9 Å². The molecule has 0 saturated carbocycles. The quantitative estimate of drug-likeness (QED) is 0.274. The van der Waals surface area contributed by atoms with Gasteiger partial charge in [-0.3, -0.25) is 14.7 Å². The Balaban J connectivity index is 0.00000187. The molecule has 4 aromatic rings. The predicted octanol–water partition coefficient (Wildman–Crippen LogP) is 5.86. The molecule has 0 radical (unpaired) electrons. The van der Waals surface area contributed by atoms with Gasteiger partial charge in [-0.05, 0) is 67.6 Å². The third kappa shape index (κ3) is 8.61. The van der Waals surface area contributed by atoms with Crippen LogP contribution in [0.1, 0.15) is 21.5 Å². The molecule has 11 heteroatoms. The summed E-state index contributed by atoms with van der Waals surface area (Å²) in [5.41, 5.74) is 6.08. The summed E-state index contributed by atoms with van der Waals surface area (Å²) in [6, 6.07) is 19.3. The maximum absolute atomic E-state index is 12.9. The van der Waals surface area contributed by atoms with Gasteiger partial charge in [0.1, 0.15) is 0 Å². The molecule has 1 aliphatic rings. The maximum Gasteiger partial charge on any atom is 0.255 e. The summed E-state index contributed by atoms with van der Waals surface area (Å²) >= 11 is 0. The monoisotopic (exact) mass is 601 g/mol. The number of hydrogen-bond acceptors (Lipinski definition) is 7. The van der Waals surface area contributed by atoms with E-state index in [0.29, 0.717) is 17.2 Å². The van der Waals surface area contributed by atoms with Crippen LogP contribution in [-0.4, -0.2) is 63.9 Å². The molecule has 0 aliphatic carbocycles. The second-order valence-electron chi connectivity index (χ2n) is 9.39. The van der Waals surface area contributed by atoms with Crippen LogP contribution in [0, 0.1) is 6.92 Å². The van der Waals surface area contributed by atoms with Crippen LogP contribution in [0.15, 0.2) is 79.3 Å². The number of rotatable bonds is 7. The Morgan fingerprint density at radius 1 is 0.925 bits per heavy atom. The second kappa shape index (κ2) is 15.5. The molecule has 2 aromatic carbocycles. The first-order valence-corrected chi connectivity index (χ1v) is 12.5. The SMILES string of the molecule is Cc1ccc(NC(=O)c2ccc(CN3CCN(C)CC3)cc2)cc1Nc1nccc(-c2cccnc2)n1.Cl.Cl.Cl. The summed E-state index contributed by atoms with van der Waals surface area (Å²) in [7, 11) is 2.16. The molecular weight excluding hydrogens is 569 g/mol. The number of amides is 1. The molecule has 40 heavy (non-hydrogen) atoms. The Morgan fingerprint density at radius 3 is 2.38 bits per heavy atom. The van der Waals surface area contributed by atoms with E-state index in [1.807, 2.05) is 67.6 Å². The number of pyridine rings is 1. The van der Waals surface area contributed by atoms with Crippen molar-refractivity contribution in [1.82, 2.24) is 24.8 Å². The number of halogens is 3. The highest BCUT2D eigenvalue weighted by Crippen LogP contribution is 2.24. The lowest BCUT2D eigenvalue weighted by molar-refractivity contribution is 0.102. The van der Waals surface area contributed by atoms with Crippen molar-refractivity contribution in [2.24, 2.45) is 0 Å². The van der Waals surface area contributed by atoms with Gasteiger partial charge in [-0.1, -0.05) is 18.2 Å². The minimum absolute atomic E-state index is 0. The van der Waals surface area contributed by atoms with Gasteiger partial charge < -0.3 is 15.5 Å². The normalized spacial score (nSPS) is 13.2. The molecule has 5 rings (SSSR count). The van der Waals surface area contributed by atoms with Gasteiger partial charge >= 0.3 is 0 Å². The van der Waals surface area contributed by atoms with Crippen molar-refractivity contribution < 1.29 is 4.79 Å². The molecule has 1 amide bonds. The van der Waals surface area contributed by atoms with Gasteiger partial charge in [0.2, 0.25) is 5.95 Å². The van der Waals surface area contributed by atoms with Crippen LogP contribution in [0.4, 0.5) is 17.3 Å². The van der Waals surface area contributed by atoms with Crippen LogP contribution in [0.5, 0.6) is 0 Å². The first kappa shape index (κ1) is 32.9. The average molecular weight is 603 g/mol. The number of nitrogens with zero attached hydrogens (tertiary/aromatic N) is 5. The number of nitrogens with one attached hydrogen (secondary N) is 2. The highest BCUT2D eigenvalue weighted by atomic mass is 35.5. The highest BCUT2D eigenvalue weighted by molar-refractivity contribution is 6.04. The van der Waals surface area contributed by atoms with Crippen molar-refractivity contribution in [2.45, 2.75) is 13.5 Å². The number of benzene rings is 2. The van der Waals surface area contributed by atoms with E-state index in [4.69, 9.17) is 0 Å². The number of aromatic nitrogens is 3. The number of piperazine rings is 1. The minimum Gasteiger partial charge on any atom is -0.324 e. The van der Waals surface area contributed by atoms with Crippen LogP contribution in [0.2, 0.25) is 0 Å². The summed E-state index contributed by atoms with van der Waals surface area (Å²) < 4.78 is 0. The zero-order chi connectivity index (χ0) is 25.6. The van der Waals surface area contributed by atoms with Crippen LogP contribution < -0.4 is 10.6 Å². The first-order chi connectivity index (χ1) is 18.0. The average Bonchev–Trinajstić information content (AvgIpc) is 2.93. The van der Waals surface area contributed by atoms with E-state index in [1.165, 1.54) is 5.56 Å². The van der Waals surface area contributed by atoms with Crippen LogP contribution in [0.25, 0.3) is 11.3 Å². The molecule has 1 saturated heterocycles. The van der Waals surface area contributed by atoms with Crippen LogP contribution in [-0.2, 0) is 6.54 Å². The lowest BCUT2D eigenvalue weighted by Crippen LogP contribution is -2.43. The Bertz CT molecular complexity index is 1370. The van der Waals surface area contributed by atoms with E-state index in [2.05, 4.69) is 42.4 Å². The van der Waals surface area contributed by atoms with Gasteiger partial charge in [0.15, 0.2) is 0 Å². The fraction of sp³-hybridized carbons (Fsp3) is 0.241. The Labute approximate surface area is 253 Å². The lowest BCUT2D eigenvalue weighted by Gasteiger charge is -2.32. The minimum atomic E-state index is -0.143. The summed E-state index contributed by atoms with van der Waals surface area (Å²) in [5, 5.41) is 6.29. The number of aryl methyl sites for hydroxylation is 1. The van der Waals surface area contributed by atoms with Gasteiger partial charge in [0.05, 0.1) is 5.69 Å². The van der Waals surface area contributed by atoms with Crippen LogP contribution >= 0.6 is 37.2 Å². The van der Waals surface area contributed by atoms with Crippen molar-refractivity contribution in [2.75, 3.05) is 43.9 Å². The molecule has 1 aliphatic heterocycles. The number of hydrogen-bond donors (Lipinski definition) is 2. The first-order valence-electron chi connectivity index (χ1n) is 12.5. The summed E-state index contributed by atoms with van der Waals surface area (Å²) in [6.07, 6.45) is 5.22. The van der Waals surface area contributed by atoms with Crippen molar-refractivity contribution in [1.29, 1.82) is 0 Å². The summed E-state index contributed by atoms with van der Waals surface area (Å²) in [5.74, 6) is 0.333. The van der Waals surface area contributed by atoms with Gasteiger partial charge in [-0.25, -0.2) is 9.97 Å². The third-order valence-corrected chi connectivity index (χ3v) is 6.57. The number of carbonyl (C=O) groups excluding carboxylic acids is 1. The largest absolute Gasteiger partial charge is 0.324 e. The van der Waals surface area contributed by atoms with E-state index in [9.17, 15) is 4.79 Å². The summed E-state index contributed by atoms with van der Waals surface area (Å²) in [6.45, 7) is 7.24. The zero-order valence-corrected chi connectivity index (χ0v) is 24.9. The van der Waals surface area contributed by atoms with Crippen molar-refractivity contribution >= 4 is 60.5 Å². The molecular formula is C29H34Cl3N7O. The van der Waals surface area contributed by atoms with Gasteiger partial charge in [-0.15, -0.1) is 37.2 Å². The van der Waals surface area contributed by atoms with E-state index >= 15 is 0 Å². The van der Waals surface area contributed by atoms with Crippen molar-refractivity contribution in [3.63, 3.8) is 0 Å². The lowest BCUT2D eigenvalue weighted by atomic mass is 10.1. The van der Waals surface area contributed by atoms with E-state index in [-0.39, 0.29) is 43.1 Å². The zero-order valence-electron chi connectivity index (χ0n) is 22.4. The van der Waals surface area contributed by atoms with Crippen LogP contribution in [0.3, 0.4) is 0 Å². The number of carbonyl (C=O) groups is 1. The standard InChI is InChI=1S/C29H31N7O.3ClH/c1-21-5-10-25(18-27(21)34-29-31-13-11-26(33-29)24-4-3-12-30-19-24)32-28(37)23-8-6-22(7-9-23)20-36-16-14-35(2)15-17-36;;;/h3-13,18-19H,14-17,20H2,1-2H3,(H,32,37)(H,31,33,34);3*1H. The molecule has 0 atom stereocenters. The highest BCUT2D eigenvalue weighted by Gasteiger charge is 2.14. The topological polar surface area (TPSA) is 86.3 Å². The molecule has 212 valence electrons. The second-order valence-corrected chi connectivity index (χ2v) is 9.39. The van der Waals surface area contributed by atoms with E-state index < -0.39 is 0 Å². The molecule has 0 spiro atoms. The molecule has 0 bridgehead atoms. The number of anilines is 3. The smallest absolute Gasteiger partial charge is 0.255 e. The van der Waals surface area contributed by atoms with E-state index in [0.717, 1.165) is 55.2 Å². The Hall–Kier alpha value is -3.27. The van der Waals surface area contributed by atoms with Gasteiger partial charge in [0.25, 0.3) is 5.91 Å². The van der Waals surface area contributed by atoms with Gasteiger partial charge in [-0.2, -0.15) is 0 Å². The summed E-state index contributed by atoms with van der Waals surface area (Å²) in [4.78, 5) is 30.9. The Morgan fingerprint density at radius 2 is 1.68 bits per heavy atom. The number of likely N-dealkylation sites (N-methyl/N-ethyl adjacent to an activating group) is 1. The van der Waals surface area contributed by atoms with Crippen molar-refractivity contribution in [3.8, 4) is 11.3 Å². The third-order valence-electron chi connectivity index (χ3n) is 6.57. The Kier molecular flexibility index (Phi) is 12.8. The molecule has 8 nitrogen and oxygen atoms in total. The fourth-order valence-corrected chi connectivity index (χ4v) is 4.28. The van der Waals surface area contributed by atoms with E-state index in [1.54, 1.807) is 18.6 Å². The molecule has 3 heterocycles. The molecule has 2 N–H and O–H groups in total. The molecule has 0 unspecified atom stereocenters. The molecule has 1 fully saturated rings. The molecule has 2 aromatic heterocycles. The van der Waals surface area contributed by atoms with Gasteiger partial charge in [0, 0.05) is 73.8 Å². The predicted molar refractivity (Wildman–Crippen MR) is 169 cm³/mol. The maximum atomic E-state index is 12.9. The fourth-order valence-electron chi connectivity index (χ4n) is 4.28.